The third-order valence-electron chi connectivity index (χ3n) is 5.34. The molecule has 2 aromatic carbocycles. The molecule has 0 unspecified atom stereocenters. The molecule has 1 atom stereocenters. The van der Waals surface area contributed by atoms with Gasteiger partial charge in [-0.15, -0.1) is 10.2 Å². The van der Waals surface area contributed by atoms with Crippen molar-refractivity contribution >= 4 is 64.1 Å². The van der Waals surface area contributed by atoms with Gasteiger partial charge in [-0.25, -0.2) is 0 Å². The van der Waals surface area contributed by atoms with Gasteiger partial charge in [0.25, 0.3) is 5.91 Å². The van der Waals surface area contributed by atoms with E-state index in [4.69, 9.17) is 34.8 Å². The predicted molar refractivity (Wildman–Crippen MR) is 143 cm³/mol. The summed E-state index contributed by atoms with van der Waals surface area (Å²) in [4.78, 5) is 25.5. The topological polar surface area (TPSA) is 88.9 Å². The van der Waals surface area contributed by atoms with Crippen LogP contribution in [0.25, 0.3) is 0 Å². The van der Waals surface area contributed by atoms with E-state index in [1.54, 1.807) is 30.3 Å². The number of hydrogen-bond donors (Lipinski definition) is 2. The number of hydrogen-bond acceptors (Lipinski definition) is 5. The number of halogens is 3. The number of carbonyl (C=O) groups excluding carboxylic acids is 2. The summed E-state index contributed by atoms with van der Waals surface area (Å²) in [6, 6.07) is 9.68. The molecule has 0 fully saturated rings. The molecule has 0 spiro atoms. The summed E-state index contributed by atoms with van der Waals surface area (Å²) in [5.41, 5.74) is 1.80. The van der Waals surface area contributed by atoms with Crippen LogP contribution in [0.4, 0.5) is 5.69 Å². The van der Waals surface area contributed by atoms with Gasteiger partial charge in [0.2, 0.25) is 5.91 Å². The second kappa shape index (κ2) is 12.1. The van der Waals surface area contributed by atoms with Crippen LogP contribution in [0.5, 0.6) is 0 Å². The van der Waals surface area contributed by atoms with Crippen molar-refractivity contribution in [2.45, 2.75) is 45.4 Å². The first-order chi connectivity index (χ1) is 16.6. The lowest BCUT2D eigenvalue weighted by Gasteiger charge is -2.22. The lowest BCUT2D eigenvalue weighted by Crippen LogP contribution is -2.34. The fourth-order valence-corrected chi connectivity index (χ4v) is 4.89. The summed E-state index contributed by atoms with van der Waals surface area (Å²) in [5.74, 6) is 0.254. The number of benzene rings is 2. The Balaban J connectivity index is 1.74. The van der Waals surface area contributed by atoms with E-state index in [1.807, 2.05) is 32.3 Å². The van der Waals surface area contributed by atoms with E-state index in [-0.39, 0.29) is 28.5 Å². The van der Waals surface area contributed by atoms with Crippen LogP contribution < -0.4 is 10.6 Å². The Kier molecular flexibility index (Phi) is 9.47. The van der Waals surface area contributed by atoms with E-state index in [9.17, 15) is 9.59 Å². The maximum atomic E-state index is 12.9. The van der Waals surface area contributed by atoms with Crippen molar-refractivity contribution in [1.82, 2.24) is 20.1 Å². The van der Waals surface area contributed by atoms with Crippen molar-refractivity contribution in [3.05, 3.63) is 68.4 Å². The number of nitrogens with zero attached hydrogens (tertiary/aromatic N) is 3. The Hall–Kier alpha value is -2.26. The zero-order valence-corrected chi connectivity index (χ0v) is 22.8. The fourth-order valence-electron chi connectivity index (χ4n) is 3.42. The van der Waals surface area contributed by atoms with Crippen LogP contribution in [0.2, 0.25) is 15.1 Å². The molecule has 0 saturated heterocycles. The van der Waals surface area contributed by atoms with E-state index >= 15 is 0 Å². The van der Waals surface area contributed by atoms with Gasteiger partial charge in [-0.05, 0) is 55.7 Å². The Labute approximate surface area is 223 Å². The van der Waals surface area contributed by atoms with Crippen LogP contribution in [0.1, 0.15) is 48.6 Å². The first kappa shape index (κ1) is 27.3. The summed E-state index contributed by atoms with van der Waals surface area (Å²) in [6.07, 6.45) is 0. The van der Waals surface area contributed by atoms with Crippen LogP contribution in [0.15, 0.2) is 41.6 Å². The van der Waals surface area contributed by atoms with Crippen molar-refractivity contribution in [3.8, 4) is 0 Å². The van der Waals surface area contributed by atoms with Crippen molar-refractivity contribution in [2.75, 3.05) is 11.1 Å². The first-order valence-electron chi connectivity index (χ1n) is 11.0. The monoisotopic (exact) mass is 553 g/mol. The second-order valence-electron chi connectivity index (χ2n) is 8.15. The smallest absolute Gasteiger partial charge is 0.253 e. The molecule has 0 aliphatic rings. The highest BCUT2D eigenvalue weighted by Gasteiger charge is 2.27. The number of carbonyl (C=O) groups is 2. The molecule has 2 amide bonds. The SMILES string of the molecule is CCn1c(SCC(=O)Nc2cccc(Cl)c2C)nnc1[C@H](NC(=O)c1ccc(Cl)cc1Cl)C(C)C. The lowest BCUT2D eigenvalue weighted by molar-refractivity contribution is -0.113. The van der Waals surface area contributed by atoms with Crippen LogP contribution in [0, 0.1) is 12.8 Å². The standard InChI is InChI=1S/C24H26Cl3N5O2S/c1-5-32-22(21(13(2)3)29-23(34)16-10-9-15(25)11-18(16)27)30-31-24(32)35-12-20(33)28-19-8-6-7-17(26)14(19)4/h6-11,13,21H,5,12H2,1-4H3,(H,28,33)(H,29,34)/t21-/m1/s1. The molecule has 35 heavy (non-hydrogen) atoms. The van der Waals surface area contributed by atoms with Gasteiger partial charge in [0.15, 0.2) is 11.0 Å². The third kappa shape index (κ3) is 6.70. The van der Waals surface area contributed by atoms with Gasteiger partial charge >= 0.3 is 0 Å². The molecule has 1 aromatic heterocycles. The Bertz CT molecular complexity index is 1230. The van der Waals surface area contributed by atoms with E-state index in [2.05, 4.69) is 20.8 Å². The van der Waals surface area contributed by atoms with Crippen LogP contribution in [-0.4, -0.2) is 32.3 Å². The highest BCUT2D eigenvalue weighted by Crippen LogP contribution is 2.28. The number of nitrogens with one attached hydrogen (secondary N) is 2. The zero-order valence-electron chi connectivity index (χ0n) is 19.7. The fraction of sp³-hybridized carbons (Fsp3) is 0.333. The largest absolute Gasteiger partial charge is 0.342 e. The molecule has 0 aliphatic carbocycles. The maximum Gasteiger partial charge on any atom is 0.253 e. The van der Waals surface area contributed by atoms with Crippen molar-refractivity contribution in [3.63, 3.8) is 0 Å². The Morgan fingerprint density at radius 2 is 1.83 bits per heavy atom. The Morgan fingerprint density at radius 3 is 2.49 bits per heavy atom. The van der Waals surface area contributed by atoms with Gasteiger partial charge in [-0.2, -0.15) is 0 Å². The molecule has 0 saturated carbocycles. The molecule has 186 valence electrons. The quantitative estimate of drug-likeness (QED) is 0.298. The molecule has 3 rings (SSSR count). The average Bonchev–Trinajstić information content (AvgIpc) is 3.21. The van der Waals surface area contributed by atoms with Crippen molar-refractivity contribution in [1.29, 1.82) is 0 Å². The van der Waals surface area contributed by atoms with Gasteiger partial charge in [0, 0.05) is 22.3 Å². The van der Waals surface area contributed by atoms with Gasteiger partial charge in [0.1, 0.15) is 0 Å². The minimum Gasteiger partial charge on any atom is -0.342 e. The van der Waals surface area contributed by atoms with Gasteiger partial charge < -0.3 is 15.2 Å². The molecular weight excluding hydrogens is 529 g/mol. The lowest BCUT2D eigenvalue weighted by atomic mass is 10.0. The minimum absolute atomic E-state index is 0.0199. The summed E-state index contributed by atoms with van der Waals surface area (Å²) in [6.45, 7) is 8.35. The highest BCUT2D eigenvalue weighted by atomic mass is 35.5. The molecule has 2 N–H and O–H groups in total. The van der Waals surface area contributed by atoms with E-state index in [0.29, 0.717) is 38.8 Å². The van der Waals surface area contributed by atoms with Crippen LogP contribution in [-0.2, 0) is 11.3 Å². The van der Waals surface area contributed by atoms with Gasteiger partial charge in [0.05, 0.1) is 22.4 Å². The molecular formula is C24H26Cl3N5O2S. The molecule has 0 radical (unpaired) electrons. The van der Waals surface area contributed by atoms with Crippen molar-refractivity contribution in [2.24, 2.45) is 5.92 Å². The Morgan fingerprint density at radius 1 is 1.09 bits per heavy atom. The van der Waals surface area contributed by atoms with Crippen LogP contribution >= 0.6 is 46.6 Å². The van der Waals surface area contributed by atoms with E-state index in [0.717, 1.165) is 5.56 Å². The molecule has 0 bridgehead atoms. The number of thioether (sulfide) groups is 1. The average molecular weight is 555 g/mol. The number of amides is 2. The van der Waals surface area contributed by atoms with E-state index in [1.165, 1.54) is 17.8 Å². The summed E-state index contributed by atoms with van der Waals surface area (Å²) in [7, 11) is 0. The van der Waals surface area contributed by atoms with Crippen LogP contribution in [0.3, 0.4) is 0 Å². The molecule has 3 aromatic rings. The predicted octanol–water partition coefficient (Wildman–Crippen LogP) is 6.42. The zero-order chi connectivity index (χ0) is 25.7. The first-order valence-corrected chi connectivity index (χ1v) is 13.1. The normalized spacial score (nSPS) is 12.0. The van der Waals surface area contributed by atoms with Gasteiger partial charge in [-0.3, -0.25) is 9.59 Å². The molecule has 1 heterocycles. The van der Waals surface area contributed by atoms with Crippen molar-refractivity contribution < 1.29 is 9.59 Å². The summed E-state index contributed by atoms with van der Waals surface area (Å²) < 4.78 is 1.90. The molecule has 7 nitrogen and oxygen atoms in total. The molecule has 11 heteroatoms. The third-order valence-corrected chi connectivity index (χ3v) is 7.27. The molecule has 0 aliphatic heterocycles. The number of anilines is 1. The van der Waals surface area contributed by atoms with E-state index < -0.39 is 6.04 Å². The summed E-state index contributed by atoms with van der Waals surface area (Å²) >= 11 is 19.6. The summed E-state index contributed by atoms with van der Waals surface area (Å²) in [5, 5.41) is 16.4. The number of aromatic nitrogens is 3. The highest BCUT2D eigenvalue weighted by molar-refractivity contribution is 7.99. The maximum absolute atomic E-state index is 12.9. The second-order valence-corrected chi connectivity index (χ2v) is 10.3. The number of rotatable bonds is 9. The van der Waals surface area contributed by atoms with Gasteiger partial charge in [-0.1, -0.05) is 66.5 Å². The minimum atomic E-state index is -0.418.